The van der Waals surface area contributed by atoms with Gasteiger partial charge in [0.25, 0.3) is 5.91 Å². The molecular weight excluding hydrogens is 308 g/mol. The first-order chi connectivity index (χ1) is 11.6. The second-order valence-electron chi connectivity index (χ2n) is 5.27. The van der Waals surface area contributed by atoms with E-state index in [9.17, 15) is 9.59 Å². The molecule has 0 saturated heterocycles. The maximum atomic E-state index is 11.8. The molecule has 0 aliphatic carbocycles. The third kappa shape index (κ3) is 5.39. The highest BCUT2D eigenvalue weighted by atomic mass is 16.6. The van der Waals surface area contributed by atoms with Crippen molar-refractivity contribution in [2.75, 3.05) is 19.8 Å². The number of nitrogens with zero attached hydrogens (tertiary/aromatic N) is 1. The van der Waals surface area contributed by atoms with Crippen molar-refractivity contribution in [1.82, 2.24) is 10.3 Å². The summed E-state index contributed by atoms with van der Waals surface area (Å²) in [6.07, 6.45) is 3.08. The Morgan fingerprint density at radius 2 is 1.88 bits per heavy atom. The molecule has 2 rings (SSSR count). The molecule has 0 radical (unpaired) electrons. The normalized spacial score (nSPS) is 10.1. The van der Waals surface area contributed by atoms with Crippen LogP contribution in [0.3, 0.4) is 0 Å². The Bertz CT molecular complexity index is 701. The lowest BCUT2D eigenvalue weighted by atomic mass is 10.1. The van der Waals surface area contributed by atoms with Gasteiger partial charge in [-0.25, -0.2) is 4.79 Å². The van der Waals surface area contributed by atoms with Gasteiger partial charge in [0, 0.05) is 18.0 Å². The number of rotatable bonds is 7. The van der Waals surface area contributed by atoms with E-state index < -0.39 is 5.97 Å². The predicted molar refractivity (Wildman–Crippen MR) is 88.9 cm³/mol. The number of carbonyl (C=O) groups excluding carboxylic acids is 2. The average Bonchev–Trinajstić information content (AvgIpc) is 2.58. The van der Waals surface area contributed by atoms with Crippen molar-refractivity contribution in [3.05, 3.63) is 59.4 Å². The van der Waals surface area contributed by atoms with Crippen molar-refractivity contribution in [1.29, 1.82) is 0 Å². The molecule has 0 spiro atoms. The number of esters is 1. The van der Waals surface area contributed by atoms with Gasteiger partial charge in [0.05, 0.1) is 6.54 Å². The largest absolute Gasteiger partial charge is 0.482 e. The standard InChI is InChI=1S/C18H20N2O4/c1-13-3-4-16(14(2)11-13)24-12-17(21)23-10-9-20-18(22)15-5-7-19-8-6-15/h3-8,11H,9-10,12H2,1-2H3,(H,20,22). The topological polar surface area (TPSA) is 77.5 Å². The van der Waals surface area contributed by atoms with Crippen LogP contribution < -0.4 is 10.1 Å². The lowest BCUT2D eigenvalue weighted by Crippen LogP contribution is -2.28. The smallest absolute Gasteiger partial charge is 0.344 e. The van der Waals surface area contributed by atoms with E-state index >= 15 is 0 Å². The van der Waals surface area contributed by atoms with Gasteiger partial charge in [-0.1, -0.05) is 17.7 Å². The fraction of sp³-hybridized carbons (Fsp3) is 0.278. The van der Waals surface area contributed by atoms with Crippen LogP contribution in [0.2, 0.25) is 0 Å². The zero-order valence-corrected chi connectivity index (χ0v) is 13.7. The fourth-order valence-corrected chi connectivity index (χ4v) is 2.07. The van der Waals surface area contributed by atoms with Gasteiger partial charge in [0.15, 0.2) is 6.61 Å². The summed E-state index contributed by atoms with van der Waals surface area (Å²) in [6, 6.07) is 8.95. The molecule has 6 heteroatoms. The highest BCUT2D eigenvalue weighted by molar-refractivity contribution is 5.93. The number of aryl methyl sites for hydroxylation is 2. The van der Waals surface area contributed by atoms with Crippen LogP contribution in [-0.2, 0) is 9.53 Å². The zero-order chi connectivity index (χ0) is 17.4. The van der Waals surface area contributed by atoms with Gasteiger partial charge in [-0.2, -0.15) is 0 Å². The molecule has 126 valence electrons. The average molecular weight is 328 g/mol. The minimum Gasteiger partial charge on any atom is -0.482 e. The Morgan fingerprint density at radius 1 is 1.12 bits per heavy atom. The summed E-state index contributed by atoms with van der Waals surface area (Å²) in [5, 5.41) is 2.66. The van der Waals surface area contributed by atoms with E-state index in [0.29, 0.717) is 11.3 Å². The Hall–Kier alpha value is -2.89. The van der Waals surface area contributed by atoms with Crippen LogP contribution in [0.4, 0.5) is 0 Å². The van der Waals surface area contributed by atoms with Crippen molar-refractivity contribution >= 4 is 11.9 Å². The Morgan fingerprint density at radius 3 is 2.58 bits per heavy atom. The van der Waals surface area contributed by atoms with Crippen LogP contribution in [0, 0.1) is 13.8 Å². The van der Waals surface area contributed by atoms with Gasteiger partial charge < -0.3 is 14.8 Å². The van der Waals surface area contributed by atoms with Crippen LogP contribution in [0.25, 0.3) is 0 Å². The first kappa shape index (κ1) is 17.5. The quantitative estimate of drug-likeness (QED) is 0.622. The van der Waals surface area contributed by atoms with Crippen LogP contribution >= 0.6 is 0 Å². The molecule has 2 aromatic rings. The van der Waals surface area contributed by atoms with Gasteiger partial charge >= 0.3 is 5.97 Å². The number of hydrogen-bond donors (Lipinski definition) is 1. The Labute approximate surface area is 140 Å². The van der Waals surface area contributed by atoms with E-state index in [1.165, 1.54) is 0 Å². The third-order valence-corrected chi connectivity index (χ3v) is 3.27. The summed E-state index contributed by atoms with van der Waals surface area (Å²) in [5.74, 6) is -0.0587. The SMILES string of the molecule is Cc1ccc(OCC(=O)OCCNC(=O)c2ccncc2)c(C)c1. The molecular formula is C18H20N2O4. The lowest BCUT2D eigenvalue weighted by molar-refractivity contribution is -0.145. The van der Waals surface area contributed by atoms with Crippen molar-refractivity contribution in [2.45, 2.75) is 13.8 Å². The maximum Gasteiger partial charge on any atom is 0.344 e. The number of hydrogen-bond acceptors (Lipinski definition) is 5. The lowest BCUT2D eigenvalue weighted by Gasteiger charge is -2.10. The van der Waals surface area contributed by atoms with E-state index in [-0.39, 0.29) is 25.7 Å². The molecule has 0 bridgehead atoms. The van der Waals surface area contributed by atoms with Gasteiger partial charge in [0.2, 0.25) is 0 Å². The van der Waals surface area contributed by atoms with E-state index in [2.05, 4.69) is 10.3 Å². The van der Waals surface area contributed by atoms with E-state index in [1.54, 1.807) is 24.5 Å². The number of carbonyl (C=O) groups is 2. The number of pyridine rings is 1. The molecule has 24 heavy (non-hydrogen) atoms. The molecule has 1 aromatic carbocycles. The minimum atomic E-state index is -0.479. The van der Waals surface area contributed by atoms with E-state index in [1.807, 2.05) is 32.0 Å². The first-order valence-corrected chi connectivity index (χ1v) is 7.60. The first-order valence-electron chi connectivity index (χ1n) is 7.60. The summed E-state index contributed by atoms with van der Waals surface area (Å²) >= 11 is 0. The van der Waals surface area contributed by atoms with Crippen molar-refractivity contribution in [3.8, 4) is 5.75 Å². The van der Waals surface area contributed by atoms with Gasteiger partial charge in [-0.05, 0) is 37.6 Å². The third-order valence-electron chi connectivity index (χ3n) is 3.27. The van der Waals surface area contributed by atoms with Crippen LogP contribution in [0.1, 0.15) is 21.5 Å². The van der Waals surface area contributed by atoms with E-state index in [4.69, 9.17) is 9.47 Å². The molecule has 1 amide bonds. The summed E-state index contributed by atoms with van der Waals surface area (Å²) in [4.78, 5) is 27.2. The monoisotopic (exact) mass is 328 g/mol. The van der Waals surface area contributed by atoms with Crippen molar-refractivity contribution < 1.29 is 19.1 Å². The van der Waals surface area contributed by atoms with Gasteiger partial charge in [0.1, 0.15) is 12.4 Å². The molecule has 0 aliphatic rings. The molecule has 0 unspecified atom stereocenters. The molecule has 6 nitrogen and oxygen atoms in total. The molecule has 1 aromatic heterocycles. The highest BCUT2D eigenvalue weighted by Gasteiger charge is 2.07. The number of amides is 1. The minimum absolute atomic E-state index is 0.0892. The number of nitrogens with one attached hydrogen (secondary N) is 1. The molecule has 0 fully saturated rings. The summed E-state index contributed by atoms with van der Waals surface area (Å²) < 4.78 is 10.5. The van der Waals surface area contributed by atoms with Crippen molar-refractivity contribution in [3.63, 3.8) is 0 Å². The van der Waals surface area contributed by atoms with Gasteiger partial charge in [-0.15, -0.1) is 0 Å². The second kappa shape index (κ2) is 8.67. The van der Waals surface area contributed by atoms with Crippen molar-refractivity contribution in [2.24, 2.45) is 0 Å². The second-order valence-corrected chi connectivity index (χ2v) is 5.27. The maximum absolute atomic E-state index is 11.8. The number of benzene rings is 1. The summed E-state index contributed by atoms with van der Waals surface area (Å²) in [5.41, 5.74) is 2.61. The molecule has 0 aliphatic heterocycles. The van der Waals surface area contributed by atoms with Gasteiger partial charge in [-0.3, -0.25) is 9.78 Å². The van der Waals surface area contributed by atoms with Crippen LogP contribution in [0.5, 0.6) is 5.75 Å². The number of ether oxygens (including phenoxy) is 2. The Balaban J connectivity index is 1.65. The van der Waals surface area contributed by atoms with Crippen LogP contribution in [0.15, 0.2) is 42.7 Å². The highest BCUT2D eigenvalue weighted by Crippen LogP contribution is 2.18. The summed E-state index contributed by atoms with van der Waals surface area (Å²) in [7, 11) is 0. The molecule has 0 saturated carbocycles. The predicted octanol–water partition coefficient (Wildman–Crippen LogP) is 2.05. The van der Waals surface area contributed by atoms with Crippen LogP contribution in [-0.4, -0.2) is 36.6 Å². The zero-order valence-electron chi connectivity index (χ0n) is 13.7. The van der Waals surface area contributed by atoms with E-state index in [0.717, 1.165) is 11.1 Å². The molecule has 1 N–H and O–H groups in total. The number of aromatic nitrogens is 1. The molecule has 0 atom stereocenters. The Kier molecular flexibility index (Phi) is 6.31. The molecule has 1 heterocycles. The summed E-state index contributed by atoms with van der Waals surface area (Å²) in [6.45, 7) is 4.07. The fourth-order valence-electron chi connectivity index (χ4n) is 2.07.